The van der Waals surface area contributed by atoms with Gasteiger partial charge in [0.15, 0.2) is 0 Å². The predicted molar refractivity (Wildman–Crippen MR) is 80.4 cm³/mol. The molecule has 0 saturated heterocycles. The van der Waals surface area contributed by atoms with Gasteiger partial charge in [-0.05, 0) is 41.8 Å². The van der Waals surface area contributed by atoms with Crippen LogP contribution >= 0.6 is 15.9 Å². The van der Waals surface area contributed by atoms with Crippen LogP contribution < -0.4 is 5.32 Å². The smallest absolute Gasteiger partial charge is 0.123 e. The molecule has 19 heavy (non-hydrogen) atoms. The fraction of sp³-hybridized carbons (Fsp3) is 0.250. The van der Waals surface area contributed by atoms with E-state index in [-0.39, 0.29) is 5.82 Å². The van der Waals surface area contributed by atoms with Crippen molar-refractivity contribution in [2.24, 2.45) is 0 Å². The van der Waals surface area contributed by atoms with Crippen LogP contribution in [0.4, 0.5) is 4.39 Å². The summed E-state index contributed by atoms with van der Waals surface area (Å²) in [4.78, 5) is 0. The second kappa shape index (κ2) is 6.83. The largest absolute Gasteiger partial charge is 0.306 e. The molecule has 0 aliphatic rings. The highest BCUT2D eigenvalue weighted by atomic mass is 79.9. The van der Waals surface area contributed by atoms with E-state index in [1.165, 1.54) is 17.7 Å². The van der Waals surface area contributed by atoms with Gasteiger partial charge in [-0.1, -0.05) is 47.1 Å². The summed E-state index contributed by atoms with van der Waals surface area (Å²) in [5, 5.41) is 3.51. The van der Waals surface area contributed by atoms with Gasteiger partial charge in [-0.3, -0.25) is 0 Å². The highest BCUT2D eigenvalue weighted by molar-refractivity contribution is 9.10. The normalized spacial score (nSPS) is 12.4. The Kier molecular flexibility index (Phi) is 5.11. The molecule has 1 unspecified atom stereocenters. The quantitative estimate of drug-likeness (QED) is 0.831. The maximum atomic E-state index is 12.8. The molecule has 1 atom stereocenters. The third-order valence-corrected chi connectivity index (χ3v) is 3.62. The van der Waals surface area contributed by atoms with Crippen LogP contribution in [0.15, 0.2) is 53.0 Å². The van der Waals surface area contributed by atoms with E-state index < -0.39 is 0 Å². The molecule has 2 aromatic carbocycles. The fourth-order valence-corrected chi connectivity index (χ4v) is 2.48. The molecular weight excluding hydrogens is 305 g/mol. The average molecular weight is 322 g/mol. The van der Waals surface area contributed by atoms with E-state index in [9.17, 15) is 4.39 Å². The van der Waals surface area contributed by atoms with Crippen molar-refractivity contribution in [1.29, 1.82) is 0 Å². The van der Waals surface area contributed by atoms with Crippen molar-refractivity contribution < 1.29 is 4.39 Å². The lowest BCUT2D eigenvalue weighted by Gasteiger charge is -2.18. The van der Waals surface area contributed by atoms with E-state index in [1.807, 2.05) is 24.3 Å². The summed E-state index contributed by atoms with van der Waals surface area (Å²) in [5.41, 5.74) is 2.36. The first-order valence-corrected chi connectivity index (χ1v) is 7.21. The molecular formula is C16H17BrFN. The standard InChI is InChI=1S/C16H17BrFN/c1-2-16(13-4-3-5-14(17)10-13)19-11-12-6-8-15(18)9-7-12/h3-10,16,19H,2,11H2,1H3. The second-order valence-electron chi connectivity index (χ2n) is 4.52. The summed E-state index contributed by atoms with van der Waals surface area (Å²) in [5.74, 6) is -0.192. The Morgan fingerprint density at radius 3 is 2.53 bits per heavy atom. The first-order valence-electron chi connectivity index (χ1n) is 6.42. The summed E-state index contributed by atoms with van der Waals surface area (Å²) < 4.78 is 13.9. The third-order valence-electron chi connectivity index (χ3n) is 3.13. The molecule has 0 heterocycles. The van der Waals surface area contributed by atoms with Gasteiger partial charge in [0.05, 0.1) is 0 Å². The van der Waals surface area contributed by atoms with Gasteiger partial charge in [0, 0.05) is 17.1 Å². The van der Waals surface area contributed by atoms with Crippen LogP contribution in [-0.2, 0) is 6.54 Å². The van der Waals surface area contributed by atoms with E-state index >= 15 is 0 Å². The van der Waals surface area contributed by atoms with Crippen molar-refractivity contribution in [3.8, 4) is 0 Å². The molecule has 2 aromatic rings. The van der Waals surface area contributed by atoms with Crippen molar-refractivity contribution in [2.45, 2.75) is 25.9 Å². The first kappa shape index (κ1) is 14.2. The number of hydrogen-bond donors (Lipinski definition) is 1. The zero-order chi connectivity index (χ0) is 13.7. The summed E-state index contributed by atoms with van der Waals surface area (Å²) in [6.07, 6.45) is 1.01. The van der Waals surface area contributed by atoms with Crippen molar-refractivity contribution in [3.05, 3.63) is 69.9 Å². The van der Waals surface area contributed by atoms with Crippen LogP contribution in [-0.4, -0.2) is 0 Å². The Balaban J connectivity index is 2.01. The van der Waals surface area contributed by atoms with Crippen LogP contribution in [0.1, 0.15) is 30.5 Å². The van der Waals surface area contributed by atoms with Crippen LogP contribution in [0, 0.1) is 5.82 Å². The summed E-state index contributed by atoms with van der Waals surface area (Å²) in [7, 11) is 0. The van der Waals surface area contributed by atoms with Gasteiger partial charge in [0.1, 0.15) is 5.82 Å². The van der Waals surface area contributed by atoms with E-state index in [4.69, 9.17) is 0 Å². The second-order valence-corrected chi connectivity index (χ2v) is 5.44. The minimum atomic E-state index is -0.192. The minimum Gasteiger partial charge on any atom is -0.306 e. The molecule has 0 aliphatic carbocycles. The van der Waals surface area contributed by atoms with Crippen molar-refractivity contribution >= 4 is 15.9 Å². The average Bonchev–Trinajstić information content (AvgIpc) is 2.42. The molecule has 0 radical (unpaired) electrons. The van der Waals surface area contributed by atoms with Gasteiger partial charge >= 0.3 is 0 Å². The third kappa shape index (κ3) is 4.15. The van der Waals surface area contributed by atoms with Crippen molar-refractivity contribution in [1.82, 2.24) is 5.32 Å². The molecule has 0 spiro atoms. The van der Waals surface area contributed by atoms with Gasteiger partial charge in [-0.2, -0.15) is 0 Å². The van der Waals surface area contributed by atoms with E-state index in [2.05, 4.69) is 40.3 Å². The fourth-order valence-electron chi connectivity index (χ4n) is 2.06. The molecule has 100 valence electrons. The molecule has 0 amide bonds. The van der Waals surface area contributed by atoms with Crippen molar-refractivity contribution in [2.75, 3.05) is 0 Å². The van der Waals surface area contributed by atoms with Crippen molar-refractivity contribution in [3.63, 3.8) is 0 Å². The Morgan fingerprint density at radius 2 is 1.89 bits per heavy atom. The SMILES string of the molecule is CCC(NCc1ccc(F)cc1)c1cccc(Br)c1. The maximum absolute atomic E-state index is 12.8. The Hall–Kier alpha value is -1.19. The first-order chi connectivity index (χ1) is 9.19. The number of benzene rings is 2. The van der Waals surface area contributed by atoms with Crippen LogP contribution in [0.25, 0.3) is 0 Å². The van der Waals surface area contributed by atoms with E-state index in [0.717, 1.165) is 23.0 Å². The van der Waals surface area contributed by atoms with Crippen LogP contribution in [0.5, 0.6) is 0 Å². The highest BCUT2D eigenvalue weighted by Gasteiger charge is 2.08. The number of nitrogens with one attached hydrogen (secondary N) is 1. The summed E-state index contributed by atoms with van der Waals surface area (Å²) in [6, 6.07) is 15.3. The van der Waals surface area contributed by atoms with Gasteiger partial charge in [-0.25, -0.2) is 4.39 Å². The lowest BCUT2D eigenvalue weighted by Crippen LogP contribution is -2.20. The molecule has 0 bridgehead atoms. The lowest BCUT2D eigenvalue weighted by molar-refractivity contribution is 0.518. The molecule has 0 aliphatic heterocycles. The Bertz CT molecular complexity index is 525. The molecule has 0 aromatic heterocycles. The molecule has 3 heteroatoms. The topological polar surface area (TPSA) is 12.0 Å². The molecule has 0 saturated carbocycles. The molecule has 0 fully saturated rings. The lowest BCUT2D eigenvalue weighted by atomic mass is 10.0. The minimum absolute atomic E-state index is 0.192. The van der Waals surface area contributed by atoms with Crippen LogP contribution in [0.3, 0.4) is 0 Å². The zero-order valence-corrected chi connectivity index (χ0v) is 12.5. The highest BCUT2D eigenvalue weighted by Crippen LogP contribution is 2.21. The predicted octanol–water partition coefficient (Wildman–Crippen LogP) is 4.83. The summed E-state index contributed by atoms with van der Waals surface area (Å²) in [6.45, 7) is 2.90. The molecule has 1 nitrogen and oxygen atoms in total. The Morgan fingerprint density at radius 1 is 1.16 bits per heavy atom. The molecule has 2 rings (SSSR count). The van der Waals surface area contributed by atoms with Gasteiger partial charge < -0.3 is 5.32 Å². The van der Waals surface area contributed by atoms with Gasteiger partial charge in [0.2, 0.25) is 0 Å². The number of halogens is 2. The Labute approximate surface area is 122 Å². The zero-order valence-electron chi connectivity index (χ0n) is 10.9. The molecule has 1 N–H and O–H groups in total. The summed E-state index contributed by atoms with van der Waals surface area (Å²) >= 11 is 3.49. The van der Waals surface area contributed by atoms with E-state index in [0.29, 0.717) is 6.04 Å². The number of rotatable bonds is 5. The van der Waals surface area contributed by atoms with Gasteiger partial charge in [0.25, 0.3) is 0 Å². The van der Waals surface area contributed by atoms with Crippen LogP contribution in [0.2, 0.25) is 0 Å². The monoisotopic (exact) mass is 321 g/mol. The van der Waals surface area contributed by atoms with Gasteiger partial charge in [-0.15, -0.1) is 0 Å². The number of hydrogen-bond acceptors (Lipinski definition) is 1. The van der Waals surface area contributed by atoms with E-state index in [1.54, 1.807) is 0 Å². The maximum Gasteiger partial charge on any atom is 0.123 e.